The molecule has 0 unspecified atom stereocenters. The number of rotatable bonds is 3. The van der Waals surface area contributed by atoms with Crippen LogP contribution >= 0.6 is 22.6 Å². The van der Waals surface area contributed by atoms with E-state index in [2.05, 4.69) is 15.5 Å². The Morgan fingerprint density at radius 2 is 2.22 bits per heavy atom. The summed E-state index contributed by atoms with van der Waals surface area (Å²) in [5.74, 6) is 0.0658. The molecule has 2 rings (SSSR count). The smallest absolute Gasteiger partial charge is 0.264 e. The minimum atomic E-state index is -0.456. The van der Waals surface area contributed by atoms with Gasteiger partial charge in [-0.3, -0.25) is 4.79 Å². The summed E-state index contributed by atoms with van der Waals surface area (Å²) in [4.78, 5) is 11.8. The van der Waals surface area contributed by atoms with Gasteiger partial charge in [-0.05, 0) is 52.9 Å². The maximum atomic E-state index is 13.3. The predicted octanol–water partition coefficient (Wildman–Crippen LogP) is 1.21. The summed E-state index contributed by atoms with van der Waals surface area (Å²) in [6.07, 6.45) is 1.16. The van der Waals surface area contributed by atoms with Crippen LogP contribution in [0.25, 0.3) is 0 Å². The molecule has 0 fully saturated rings. The first kappa shape index (κ1) is 13.1. The first-order chi connectivity index (χ1) is 8.49. The van der Waals surface area contributed by atoms with Crippen LogP contribution in [0.1, 0.15) is 25.7 Å². The van der Waals surface area contributed by atoms with Gasteiger partial charge in [-0.1, -0.05) is 0 Å². The lowest BCUT2D eigenvalue weighted by atomic mass is 10.4. The van der Waals surface area contributed by atoms with Crippen molar-refractivity contribution in [2.75, 3.05) is 0 Å². The summed E-state index contributed by atoms with van der Waals surface area (Å²) in [6, 6.07) is 1.28. The summed E-state index contributed by atoms with van der Waals surface area (Å²) in [7, 11) is 0. The predicted molar refractivity (Wildman–Crippen MR) is 70.7 cm³/mol. The van der Waals surface area contributed by atoms with Gasteiger partial charge in [-0.25, -0.2) is 9.07 Å². The largest absolute Gasteiger partial charge is 0.304 e. The number of nitrogens with zero attached hydrogens (tertiary/aromatic N) is 5. The van der Waals surface area contributed by atoms with Gasteiger partial charge < -0.3 is 4.57 Å². The Morgan fingerprint density at radius 1 is 1.50 bits per heavy atom. The summed E-state index contributed by atoms with van der Waals surface area (Å²) < 4.78 is 16.5. The molecule has 6 nitrogen and oxygen atoms in total. The highest BCUT2D eigenvalue weighted by molar-refractivity contribution is 14.1. The Balaban J connectivity index is 2.40. The molecule has 0 aliphatic carbocycles. The molecule has 0 bridgehead atoms. The van der Waals surface area contributed by atoms with Crippen LogP contribution in [-0.2, 0) is 6.54 Å². The molecule has 2 aromatic heterocycles. The highest BCUT2D eigenvalue weighted by atomic mass is 127. The molecule has 0 spiro atoms. The third kappa shape index (κ3) is 2.57. The van der Waals surface area contributed by atoms with Crippen LogP contribution < -0.4 is 5.56 Å². The molecule has 0 aliphatic heterocycles. The van der Waals surface area contributed by atoms with Crippen LogP contribution in [0.4, 0.5) is 4.39 Å². The Hall–Kier alpha value is -1.32. The van der Waals surface area contributed by atoms with Crippen LogP contribution in [0.2, 0.25) is 0 Å². The third-order valence-corrected chi connectivity index (χ3v) is 3.14. The molecule has 0 radical (unpaired) electrons. The van der Waals surface area contributed by atoms with Crippen molar-refractivity contribution in [1.82, 2.24) is 24.8 Å². The fraction of sp³-hybridized carbons (Fsp3) is 0.400. The lowest BCUT2D eigenvalue weighted by molar-refractivity contribution is 0.482. The van der Waals surface area contributed by atoms with E-state index in [0.717, 1.165) is 6.20 Å². The van der Waals surface area contributed by atoms with E-state index in [9.17, 15) is 9.18 Å². The second-order valence-corrected chi connectivity index (χ2v) is 5.23. The summed E-state index contributed by atoms with van der Waals surface area (Å²) in [5.41, 5.74) is -0.254. The maximum absolute atomic E-state index is 13.3. The van der Waals surface area contributed by atoms with E-state index in [1.54, 1.807) is 4.68 Å². The van der Waals surface area contributed by atoms with Crippen molar-refractivity contribution in [3.05, 3.63) is 37.8 Å². The van der Waals surface area contributed by atoms with Gasteiger partial charge in [0.15, 0.2) is 5.82 Å². The molecule has 0 aliphatic rings. The van der Waals surface area contributed by atoms with Crippen molar-refractivity contribution >= 4 is 22.6 Å². The number of tetrazole rings is 1. The van der Waals surface area contributed by atoms with Crippen LogP contribution in [0, 0.1) is 9.39 Å². The number of aromatic nitrogens is 5. The second-order valence-electron chi connectivity index (χ2n) is 4.07. The molecule has 0 amide bonds. The summed E-state index contributed by atoms with van der Waals surface area (Å²) >= 11 is 1.81. The van der Waals surface area contributed by atoms with Gasteiger partial charge >= 0.3 is 0 Å². The van der Waals surface area contributed by atoms with E-state index >= 15 is 0 Å². The molecule has 0 aromatic carbocycles. The fourth-order valence-electron chi connectivity index (χ4n) is 1.55. The van der Waals surface area contributed by atoms with E-state index in [1.165, 1.54) is 10.6 Å². The van der Waals surface area contributed by atoms with Crippen molar-refractivity contribution in [3.63, 3.8) is 0 Å². The molecule has 18 heavy (non-hydrogen) atoms. The van der Waals surface area contributed by atoms with E-state index in [4.69, 9.17) is 0 Å². The molecular formula is C10H11FIN5O. The zero-order valence-corrected chi connectivity index (χ0v) is 12.0. The topological polar surface area (TPSA) is 65.6 Å². The third-order valence-electron chi connectivity index (χ3n) is 2.37. The average molecular weight is 363 g/mol. The van der Waals surface area contributed by atoms with Gasteiger partial charge in [0.1, 0.15) is 5.82 Å². The van der Waals surface area contributed by atoms with Gasteiger partial charge in [0.2, 0.25) is 0 Å². The molecule has 0 saturated heterocycles. The fourth-order valence-corrected chi connectivity index (χ4v) is 2.16. The van der Waals surface area contributed by atoms with E-state index in [1.807, 2.05) is 36.4 Å². The lowest BCUT2D eigenvalue weighted by Gasteiger charge is -2.09. The monoisotopic (exact) mass is 363 g/mol. The van der Waals surface area contributed by atoms with Crippen LogP contribution in [-0.4, -0.2) is 24.8 Å². The van der Waals surface area contributed by atoms with E-state index in [0.29, 0.717) is 9.39 Å². The van der Waals surface area contributed by atoms with Gasteiger partial charge in [0.05, 0.1) is 16.2 Å². The summed E-state index contributed by atoms with van der Waals surface area (Å²) in [6.45, 7) is 4.01. The standard InChI is InChI=1S/C10H11FIN5O/c1-6(2)17-9(13-14-15-17)5-16-4-7(11)3-8(12)10(16)18/h3-4,6H,5H2,1-2H3. The van der Waals surface area contributed by atoms with Crippen LogP contribution in [0.3, 0.4) is 0 Å². The highest BCUT2D eigenvalue weighted by Gasteiger charge is 2.12. The average Bonchev–Trinajstić information content (AvgIpc) is 2.73. The second kappa shape index (κ2) is 5.12. The first-order valence-electron chi connectivity index (χ1n) is 5.31. The maximum Gasteiger partial charge on any atom is 0.264 e. The van der Waals surface area contributed by atoms with Gasteiger partial charge in [-0.15, -0.1) is 5.10 Å². The lowest BCUT2D eigenvalue weighted by Crippen LogP contribution is -2.25. The van der Waals surface area contributed by atoms with Crippen molar-refractivity contribution in [2.45, 2.75) is 26.4 Å². The SMILES string of the molecule is CC(C)n1nnnc1Cn1cc(F)cc(I)c1=O. The Kier molecular flexibility index (Phi) is 3.73. The minimum absolute atomic E-state index is 0.0818. The summed E-state index contributed by atoms with van der Waals surface area (Å²) in [5, 5.41) is 11.2. The molecule has 0 saturated carbocycles. The number of pyridine rings is 1. The molecule has 2 aromatic rings. The Morgan fingerprint density at radius 3 is 2.89 bits per heavy atom. The van der Waals surface area contributed by atoms with Gasteiger partial charge in [-0.2, -0.15) is 0 Å². The van der Waals surface area contributed by atoms with Gasteiger partial charge in [0.25, 0.3) is 5.56 Å². The molecule has 0 N–H and O–H groups in total. The molecule has 8 heteroatoms. The quantitative estimate of drug-likeness (QED) is 0.769. The number of halogens is 2. The molecular weight excluding hydrogens is 352 g/mol. The van der Waals surface area contributed by atoms with Crippen molar-refractivity contribution < 1.29 is 4.39 Å². The first-order valence-corrected chi connectivity index (χ1v) is 6.39. The van der Waals surface area contributed by atoms with E-state index in [-0.39, 0.29) is 18.1 Å². The van der Waals surface area contributed by atoms with E-state index < -0.39 is 5.82 Å². The molecule has 2 heterocycles. The Labute approximate surface area is 116 Å². The van der Waals surface area contributed by atoms with Crippen LogP contribution in [0.15, 0.2) is 17.1 Å². The van der Waals surface area contributed by atoms with Crippen molar-refractivity contribution in [2.24, 2.45) is 0 Å². The van der Waals surface area contributed by atoms with Crippen molar-refractivity contribution in [1.29, 1.82) is 0 Å². The number of hydrogen-bond acceptors (Lipinski definition) is 4. The normalized spacial score (nSPS) is 11.2. The number of hydrogen-bond donors (Lipinski definition) is 0. The van der Waals surface area contributed by atoms with Crippen molar-refractivity contribution in [3.8, 4) is 0 Å². The van der Waals surface area contributed by atoms with Crippen LogP contribution in [0.5, 0.6) is 0 Å². The highest BCUT2D eigenvalue weighted by Crippen LogP contribution is 2.07. The zero-order valence-electron chi connectivity index (χ0n) is 9.84. The van der Waals surface area contributed by atoms with Gasteiger partial charge in [0, 0.05) is 6.20 Å². The Bertz CT molecular complexity index is 621. The molecule has 0 atom stereocenters. The minimum Gasteiger partial charge on any atom is -0.304 e. The molecule has 96 valence electrons. The zero-order chi connectivity index (χ0) is 13.3.